The van der Waals surface area contributed by atoms with Crippen molar-refractivity contribution in [2.24, 2.45) is 0 Å². The van der Waals surface area contributed by atoms with Crippen LogP contribution < -0.4 is 0 Å². The average Bonchev–Trinajstić information content (AvgIpc) is 2.68. The number of aromatic nitrogens is 1. The first-order chi connectivity index (χ1) is 10.3. The van der Waals surface area contributed by atoms with Crippen LogP contribution in [0.2, 0.25) is 0 Å². The van der Waals surface area contributed by atoms with Gasteiger partial charge in [-0.3, -0.25) is 0 Å². The number of unbranched alkanes of at least 4 members (excludes halogenated alkanes) is 1. The Labute approximate surface area is 132 Å². The topological polar surface area (TPSA) is 51.5 Å². The molecule has 1 aromatic rings. The normalized spacial score (nSPS) is 17.4. The minimum absolute atomic E-state index is 0.0946. The summed E-state index contributed by atoms with van der Waals surface area (Å²) in [5.74, 6) is -0.229. The third-order valence-corrected chi connectivity index (χ3v) is 3.90. The van der Waals surface area contributed by atoms with Crippen molar-refractivity contribution in [2.45, 2.75) is 71.9 Å². The molecule has 4 nitrogen and oxygen atoms in total. The van der Waals surface area contributed by atoms with Gasteiger partial charge in [-0.15, -0.1) is 0 Å². The van der Waals surface area contributed by atoms with Gasteiger partial charge in [0.1, 0.15) is 5.60 Å². The molecule has 1 aromatic heterocycles. The van der Waals surface area contributed by atoms with Crippen LogP contribution in [0.3, 0.4) is 0 Å². The molecule has 2 rings (SSSR count). The van der Waals surface area contributed by atoms with E-state index in [0.29, 0.717) is 5.69 Å². The molecular weight excluding hydrogens is 278 g/mol. The number of esters is 1. The van der Waals surface area contributed by atoms with Crippen molar-refractivity contribution in [3.05, 3.63) is 29.1 Å². The highest BCUT2D eigenvalue weighted by molar-refractivity contribution is 5.92. The summed E-state index contributed by atoms with van der Waals surface area (Å²) in [5, 5.41) is 10.6. The molecule has 0 aliphatic heterocycles. The van der Waals surface area contributed by atoms with Crippen LogP contribution in [-0.2, 0) is 17.7 Å². The molecule has 1 atom stereocenters. The second-order valence-corrected chi connectivity index (χ2v) is 6.99. The summed E-state index contributed by atoms with van der Waals surface area (Å²) in [4.78, 5) is 12.6. The highest BCUT2D eigenvalue weighted by atomic mass is 16.6. The van der Waals surface area contributed by atoms with E-state index in [1.165, 1.54) is 0 Å². The second-order valence-electron chi connectivity index (χ2n) is 6.99. The SMILES string of the molecule is CCCCn1c2c(c(O)c1C(=O)OC(C)(C)C)C(C)C=CC2. The molecular formula is C18H27NO3. The Morgan fingerprint density at radius 1 is 1.45 bits per heavy atom. The minimum atomic E-state index is -0.576. The minimum Gasteiger partial charge on any atom is -0.505 e. The molecule has 22 heavy (non-hydrogen) atoms. The summed E-state index contributed by atoms with van der Waals surface area (Å²) in [6.45, 7) is 10.4. The summed E-state index contributed by atoms with van der Waals surface area (Å²) in [6.07, 6.45) is 6.93. The van der Waals surface area contributed by atoms with Crippen LogP contribution in [0.5, 0.6) is 5.75 Å². The molecule has 1 aliphatic carbocycles. The number of aromatic hydroxyl groups is 1. The summed E-state index contributed by atoms with van der Waals surface area (Å²) in [5.41, 5.74) is 1.65. The molecule has 4 heteroatoms. The van der Waals surface area contributed by atoms with Gasteiger partial charge in [0.15, 0.2) is 11.4 Å². The largest absolute Gasteiger partial charge is 0.505 e. The van der Waals surface area contributed by atoms with Gasteiger partial charge < -0.3 is 14.4 Å². The van der Waals surface area contributed by atoms with E-state index in [-0.39, 0.29) is 11.7 Å². The van der Waals surface area contributed by atoms with Crippen LogP contribution in [0, 0.1) is 0 Å². The highest BCUT2D eigenvalue weighted by Crippen LogP contribution is 2.39. The van der Waals surface area contributed by atoms with Gasteiger partial charge in [-0.05, 0) is 27.2 Å². The zero-order chi connectivity index (χ0) is 16.5. The monoisotopic (exact) mass is 305 g/mol. The van der Waals surface area contributed by atoms with Gasteiger partial charge in [-0.2, -0.15) is 0 Å². The van der Waals surface area contributed by atoms with Crippen LogP contribution in [0.15, 0.2) is 12.2 Å². The number of carbonyl (C=O) groups is 1. The molecule has 122 valence electrons. The Morgan fingerprint density at radius 2 is 2.14 bits per heavy atom. The van der Waals surface area contributed by atoms with Crippen molar-refractivity contribution >= 4 is 5.97 Å². The van der Waals surface area contributed by atoms with E-state index in [0.717, 1.165) is 37.1 Å². The number of hydrogen-bond acceptors (Lipinski definition) is 3. The maximum atomic E-state index is 12.6. The number of hydrogen-bond donors (Lipinski definition) is 1. The lowest BCUT2D eigenvalue weighted by molar-refractivity contribution is 0.00542. The van der Waals surface area contributed by atoms with Gasteiger partial charge in [-0.25, -0.2) is 4.79 Å². The van der Waals surface area contributed by atoms with Crippen molar-refractivity contribution in [3.8, 4) is 5.75 Å². The number of nitrogens with zero attached hydrogens (tertiary/aromatic N) is 1. The zero-order valence-corrected chi connectivity index (χ0v) is 14.3. The standard InChI is InChI=1S/C18H27NO3/c1-6-7-11-19-13-10-8-9-12(2)14(13)16(20)15(19)17(21)22-18(3,4)5/h8-9,12,20H,6-7,10-11H2,1-5H3. The van der Waals surface area contributed by atoms with E-state index in [4.69, 9.17) is 4.74 Å². The number of ether oxygens (including phenoxy) is 1. The first-order valence-electron chi connectivity index (χ1n) is 8.10. The first-order valence-corrected chi connectivity index (χ1v) is 8.10. The van der Waals surface area contributed by atoms with E-state index in [1.807, 2.05) is 32.3 Å². The molecule has 0 saturated carbocycles. The molecule has 1 N–H and O–H groups in total. The summed E-state index contributed by atoms with van der Waals surface area (Å²) < 4.78 is 7.46. The van der Waals surface area contributed by atoms with Crippen molar-refractivity contribution in [2.75, 3.05) is 0 Å². The molecule has 1 unspecified atom stereocenters. The van der Waals surface area contributed by atoms with E-state index < -0.39 is 11.6 Å². The van der Waals surface area contributed by atoms with E-state index in [2.05, 4.69) is 19.1 Å². The molecule has 0 spiro atoms. The van der Waals surface area contributed by atoms with Crippen LogP contribution in [0.1, 0.15) is 75.1 Å². The van der Waals surface area contributed by atoms with Crippen molar-refractivity contribution < 1.29 is 14.6 Å². The summed E-state index contributed by atoms with van der Waals surface area (Å²) >= 11 is 0. The fourth-order valence-electron chi connectivity index (χ4n) is 2.95. The van der Waals surface area contributed by atoms with Crippen LogP contribution in [-0.4, -0.2) is 21.2 Å². The maximum absolute atomic E-state index is 12.6. The van der Waals surface area contributed by atoms with E-state index in [9.17, 15) is 9.90 Å². The Balaban J connectivity index is 2.50. The van der Waals surface area contributed by atoms with E-state index >= 15 is 0 Å². The lowest BCUT2D eigenvalue weighted by Crippen LogP contribution is -2.26. The molecule has 0 radical (unpaired) electrons. The predicted molar refractivity (Wildman–Crippen MR) is 87.4 cm³/mol. The average molecular weight is 305 g/mol. The van der Waals surface area contributed by atoms with Crippen LogP contribution in [0.25, 0.3) is 0 Å². The fourth-order valence-corrected chi connectivity index (χ4v) is 2.95. The second kappa shape index (κ2) is 6.19. The Hall–Kier alpha value is -1.71. The zero-order valence-electron chi connectivity index (χ0n) is 14.3. The van der Waals surface area contributed by atoms with Gasteiger partial charge in [-0.1, -0.05) is 32.4 Å². The van der Waals surface area contributed by atoms with Gasteiger partial charge in [0.2, 0.25) is 0 Å². The lowest BCUT2D eigenvalue weighted by atomic mass is 9.93. The quantitative estimate of drug-likeness (QED) is 0.671. The third kappa shape index (κ3) is 3.21. The number of carbonyl (C=O) groups excluding carboxylic acids is 1. The van der Waals surface area contributed by atoms with Gasteiger partial charge in [0, 0.05) is 30.1 Å². The van der Waals surface area contributed by atoms with Crippen molar-refractivity contribution in [1.29, 1.82) is 0 Å². The Kier molecular flexibility index (Phi) is 4.69. The first kappa shape index (κ1) is 16.7. The van der Waals surface area contributed by atoms with Gasteiger partial charge >= 0.3 is 5.97 Å². The number of rotatable bonds is 4. The number of allylic oxidation sites excluding steroid dienone is 2. The molecule has 1 heterocycles. The van der Waals surface area contributed by atoms with Crippen molar-refractivity contribution in [1.82, 2.24) is 4.57 Å². The van der Waals surface area contributed by atoms with Crippen molar-refractivity contribution in [3.63, 3.8) is 0 Å². The summed E-state index contributed by atoms with van der Waals surface area (Å²) in [7, 11) is 0. The summed E-state index contributed by atoms with van der Waals surface area (Å²) in [6, 6.07) is 0. The number of fused-ring (bicyclic) bond motifs is 1. The van der Waals surface area contributed by atoms with Gasteiger partial charge in [0.25, 0.3) is 0 Å². The molecule has 0 bridgehead atoms. The predicted octanol–water partition coefficient (Wildman–Crippen LogP) is 4.16. The van der Waals surface area contributed by atoms with E-state index in [1.54, 1.807) is 0 Å². The molecule has 0 fully saturated rings. The maximum Gasteiger partial charge on any atom is 0.359 e. The van der Waals surface area contributed by atoms with Crippen LogP contribution in [0.4, 0.5) is 0 Å². The van der Waals surface area contributed by atoms with Gasteiger partial charge in [0.05, 0.1) is 0 Å². The molecule has 0 amide bonds. The fraction of sp³-hybridized carbons (Fsp3) is 0.611. The lowest BCUT2D eigenvalue weighted by Gasteiger charge is -2.20. The molecule has 0 aromatic carbocycles. The molecule has 1 aliphatic rings. The highest BCUT2D eigenvalue weighted by Gasteiger charge is 2.32. The third-order valence-electron chi connectivity index (χ3n) is 3.90. The molecule has 0 saturated heterocycles. The Bertz CT molecular complexity index is 590. The smallest absolute Gasteiger partial charge is 0.359 e. The Morgan fingerprint density at radius 3 is 2.73 bits per heavy atom. The van der Waals surface area contributed by atoms with Crippen LogP contribution >= 0.6 is 0 Å².